The van der Waals surface area contributed by atoms with Crippen LogP contribution in [-0.2, 0) is 4.79 Å². The molecule has 0 atom stereocenters. The monoisotopic (exact) mass is 337 g/mol. The summed E-state index contributed by atoms with van der Waals surface area (Å²) in [6.07, 6.45) is 2.12. The number of ether oxygens (including phenoxy) is 1. The van der Waals surface area contributed by atoms with E-state index in [1.807, 2.05) is 13.8 Å². The molecule has 3 rings (SSSR count). The van der Waals surface area contributed by atoms with Crippen molar-refractivity contribution in [3.05, 3.63) is 23.2 Å². The van der Waals surface area contributed by atoms with Crippen LogP contribution >= 0.6 is 11.6 Å². The van der Waals surface area contributed by atoms with Gasteiger partial charge in [0.1, 0.15) is 12.3 Å². The van der Waals surface area contributed by atoms with E-state index in [1.165, 1.54) is 4.90 Å². The molecule has 2 fully saturated rings. The lowest BCUT2D eigenvalue weighted by molar-refractivity contribution is -0.127. The molecule has 0 radical (unpaired) electrons. The minimum Gasteiger partial charge on any atom is -0.491 e. The maximum atomic E-state index is 12.3. The lowest BCUT2D eigenvalue weighted by Crippen LogP contribution is -2.35. The molecular formula is C16H20ClN3O3. The Labute approximate surface area is 140 Å². The van der Waals surface area contributed by atoms with Crippen molar-refractivity contribution in [2.45, 2.75) is 38.8 Å². The summed E-state index contributed by atoms with van der Waals surface area (Å²) in [5.41, 5.74) is 0.505. The lowest BCUT2D eigenvalue weighted by Gasteiger charge is -2.19. The first-order valence-electron chi connectivity index (χ1n) is 7.75. The predicted molar refractivity (Wildman–Crippen MR) is 87.7 cm³/mol. The van der Waals surface area contributed by atoms with Crippen LogP contribution in [0.3, 0.4) is 0 Å². The van der Waals surface area contributed by atoms with Crippen molar-refractivity contribution in [2.75, 3.05) is 18.5 Å². The molecule has 0 bridgehead atoms. The molecule has 1 aliphatic carbocycles. The van der Waals surface area contributed by atoms with Crippen molar-refractivity contribution in [3.8, 4) is 5.75 Å². The summed E-state index contributed by atoms with van der Waals surface area (Å²) in [6, 6.07) is 5.13. The number of amides is 3. The van der Waals surface area contributed by atoms with Gasteiger partial charge >= 0.3 is 6.03 Å². The van der Waals surface area contributed by atoms with E-state index < -0.39 is 0 Å². The van der Waals surface area contributed by atoms with E-state index in [0.717, 1.165) is 12.8 Å². The first-order valence-corrected chi connectivity index (χ1v) is 8.13. The Morgan fingerprint density at radius 1 is 1.39 bits per heavy atom. The number of rotatable bonds is 4. The molecule has 1 saturated heterocycles. The zero-order chi connectivity index (χ0) is 16.6. The molecule has 124 valence electrons. The maximum absolute atomic E-state index is 12.3. The number of halogens is 1. The smallest absolute Gasteiger partial charge is 0.323 e. The number of carbonyl (C=O) groups is 2. The van der Waals surface area contributed by atoms with Crippen LogP contribution in [0.4, 0.5) is 10.5 Å². The van der Waals surface area contributed by atoms with Crippen LogP contribution in [0.5, 0.6) is 5.75 Å². The van der Waals surface area contributed by atoms with Gasteiger partial charge in [-0.2, -0.15) is 0 Å². The molecule has 0 aromatic heterocycles. The van der Waals surface area contributed by atoms with Gasteiger partial charge in [0.05, 0.1) is 23.5 Å². The summed E-state index contributed by atoms with van der Waals surface area (Å²) >= 11 is 6.19. The third-order valence-corrected chi connectivity index (χ3v) is 4.11. The summed E-state index contributed by atoms with van der Waals surface area (Å²) < 4.78 is 5.56. The molecule has 2 aliphatic rings. The maximum Gasteiger partial charge on any atom is 0.323 e. The third-order valence-electron chi connectivity index (χ3n) is 3.80. The van der Waals surface area contributed by atoms with Crippen molar-refractivity contribution < 1.29 is 14.3 Å². The van der Waals surface area contributed by atoms with E-state index in [4.69, 9.17) is 16.3 Å². The molecule has 23 heavy (non-hydrogen) atoms. The molecule has 1 aliphatic heterocycles. The fourth-order valence-corrected chi connectivity index (χ4v) is 2.76. The van der Waals surface area contributed by atoms with Gasteiger partial charge < -0.3 is 15.0 Å². The minimum atomic E-state index is -0.319. The number of hydrogen-bond donors (Lipinski definition) is 1. The molecule has 1 N–H and O–H groups in total. The molecule has 0 spiro atoms. The second-order valence-corrected chi connectivity index (χ2v) is 6.58. The standard InChI is InChI=1S/C16H20ClN3O3/c1-10(2)23-12-5-6-14(13(17)7-12)18-16(22)19-8-15(21)20(9-19)11-3-4-11/h5-7,10-11H,3-4,8-9H2,1-2H3,(H,18,22). The molecule has 7 heteroatoms. The highest BCUT2D eigenvalue weighted by atomic mass is 35.5. The highest BCUT2D eigenvalue weighted by Crippen LogP contribution is 2.30. The summed E-state index contributed by atoms with van der Waals surface area (Å²) in [5, 5.41) is 3.16. The molecule has 6 nitrogen and oxygen atoms in total. The van der Waals surface area contributed by atoms with Crippen molar-refractivity contribution >= 4 is 29.2 Å². The number of urea groups is 1. The van der Waals surface area contributed by atoms with E-state index in [2.05, 4.69) is 5.32 Å². The van der Waals surface area contributed by atoms with Crippen molar-refractivity contribution in [1.82, 2.24) is 9.80 Å². The summed E-state index contributed by atoms with van der Waals surface area (Å²) in [7, 11) is 0. The Balaban J connectivity index is 1.62. The van der Waals surface area contributed by atoms with Gasteiger partial charge in [0, 0.05) is 12.1 Å². The van der Waals surface area contributed by atoms with Gasteiger partial charge in [0.15, 0.2) is 0 Å². The van der Waals surface area contributed by atoms with E-state index in [-0.39, 0.29) is 24.6 Å². The third kappa shape index (κ3) is 3.69. The quantitative estimate of drug-likeness (QED) is 0.918. The SMILES string of the molecule is CC(C)Oc1ccc(NC(=O)N2CC(=O)N(C3CC3)C2)c(Cl)c1. The molecular weight excluding hydrogens is 318 g/mol. The molecule has 1 saturated carbocycles. The number of nitrogens with one attached hydrogen (secondary N) is 1. The summed E-state index contributed by atoms with van der Waals surface area (Å²) in [6.45, 7) is 4.33. The fraction of sp³-hybridized carbons (Fsp3) is 0.500. The van der Waals surface area contributed by atoms with Gasteiger partial charge in [0.25, 0.3) is 0 Å². The second kappa shape index (κ2) is 6.28. The topological polar surface area (TPSA) is 61.9 Å². The van der Waals surface area contributed by atoms with Gasteiger partial charge in [0.2, 0.25) is 5.91 Å². The normalized spacial score (nSPS) is 17.8. The highest BCUT2D eigenvalue weighted by molar-refractivity contribution is 6.33. The van der Waals surface area contributed by atoms with E-state index in [1.54, 1.807) is 23.1 Å². The summed E-state index contributed by atoms with van der Waals surface area (Å²) in [4.78, 5) is 27.5. The number of hydrogen-bond acceptors (Lipinski definition) is 3. The zero-order valence-electron chi connectivity index (χ0n) is 13.2. The Bertz CT molecular complexity index is 631. The van der Waals surface area contributed by atoms with Crippen LogP contribution in [0.2, 0.25) is 5.02 Å². The highest BCUT2D eigenvalue weighted by Gasteiger charge is 2.39. The molecule has 1 heterocycles. The molecule has 0 unspecified atom stereocenters. The van der Waals surface area contributed by atoms with E-state index in [9.17, 15) is 9.59 Å². The molecule has 1 aromatic carbocycles. The number of benzene rings is 1. The molecule has 3 amide bonds. The number of anilines is 1. The van der Waals surface area contributed by atoms with Gasteiger partial charge in [-0.15, -0.1) is 0 Å². The van der Waals surface area contributed by atoms with Gasteiger partial charge in [-0.05, 0) is 38.8 Å². The minimum absolute atomic E-state index is 0.00873. The lowest BCUT2D eigenvalue weighted by atomic mass is 10.3. The largest absolute Gasteiger partial charge is 0.491 e. The van der Waals surface area contributed by atoms with Crippen LogP contribution in [-0.4, -0.2) is 47.1 Å². The number of carbonyl (C=O) groups excluding carboxylic acids is 2. The van der Waals surface area contributed by atoms with Crippen LogP contribution in [0.1, 0.15) is 26.7 Å². The van der Waals surface area contributed by atoms with Crippen LogP contribution in [0, 0.1) is 0 Å². The van der Waals surface area contributed by atoms with Gasteiger partial charge in [-0.25, -0.2) is 4.79 Å². The Morgan fingerprint density at radius 2 is 2.13 bits per heavy atom. The molecule has 1 aromatic rings. The Hall–Kier alpha value is -1.95. The average molecular weight is 338 g/mol. The average Bonchev–Trinajstić information content (AvgIpc) is 3.24. The number of nitrogens with zero attached hydrogens (tertiary/aromatic N) is 2. The first-order chi connectivity index (χ1) is 10.9. The Morgan fingerprint density at radius 3 is 2.74 bits per heavy atom. The van der Waals surface area contributed by atoms with Crippen LogP contribution in [0.25, 0.3) is 0 Å². The van der Waals surface area contributed by atoms with Crippen molar-refractivity contribution in [2.24, 2.45) is 0 Å². The fourth-order valence-electron chi connectivity index (χ4n) is 2.55. The first kappa shape index (κ1) is 15.9. The summed E-state index contributed by atoms with van der Waals surface area (Å²) in [5.74, 6) is 0.661. The van der Waals surface area contributed by atoms with Crippen molar-refractivity contribution in [3.63, 3.8) is 0 Å². The zero-order valence-corrected chi connectivity index (χ0v) is 14.0. The van der Waals surface area contributed by atoms with E-state index in [0.29, 0.717) is 29.2 Å². The Kier molecular flexibility index (Phi) is 4.35. The van der Waals surface area contributed by atoms with Crippen LogP contribution in [0.15, 0.2) is 18.2 Å². The second-order valence-electron chi connectivity index (χ2n) is 6.17. The van der Waals surface area contributed by atoms with Gasteiger partial charge in [-0.1, -0.05) is 11.6 Å². The van der Waals surface area contributed by atoms with Crippen molar-refractivity contribution in [1.29, 1.82) is 0 Å². The van der Waals surface area contributed by atoms with Gasteiger partial charge in [-0.3, -0.25) is 9.69 Å². The predicted octanol–water partition coefficient (Wildman–Crippen LogP) is 2.92. The van der Waals surface area contributed by atoms with Crippen LogP contribution < -0.4 is 10.1 Å². The van der Waals surface area contributed by atoms with E-state index >= 15 is 0 Å².